The summed E-state index contributed by atoms with van der Waals surface area (Å²) >= 11 is 3.40. The fraction of sp³-hybridized carbons (Fsp3) is 0.0667. The van der Waals surface area contributed by atoms with E-state index in [2.05, 4.69) is 20.9 Å². The molecule has 0 bridgehead atoms. The molecule has 5 heteroatoms. The highest BCUT2D eigenvalue weighted by Gasteiger charge is 2.05. The van der Waals surface area contributed by atoms with E-state index >= 15 is 0 Å². The first-order chi connectivity index (χ1) is 9.63. The van der Waals surface area contributed by atoms with E-state index in [1.54, 1.807) is 18.3 Å². The number of aromatic carboxylic acids is 1. The molecule has 1 aromatic carbocycles. The van der Waals surface area contributed by atoms with Crippen LogP contribution in [0.4, 0.5) is 0 Å². The van der Waals surface area contributed by atoms with Crippen LogP contribution in [0.25, 0.3) is 11.0 Å². The molecular weight excluding hydrogens is 320 g/mol. The van der Waals surface area contributed by atoms with E-state index in [0.29, 0.717) is 12.1 Å². The molecule has 0 aliphatic carbocycles. The van der Waals surface area contributed by atoms with Crippen molar-refractivity contribution >= 4 is 32.9 Å². The van der Waals surface area contributed by atoms with Crippen LogP contribution in [0.2, 0.25) is 0 Å². The zero-order valence-electron chi connectivity index (χ0n) is 10.5. The molecule has 0 fully saturated rings. The number of aromatic nitrogens is 2. The maximum absolute atomic E-state index is 10.8. The Kier molecular flexibility index (Phi) is 3.28. The summed E-state index contributed by atoms with van der Waals surface area (Å²) in [5.74, 6) is -0.908. The molecule has 2 aromatic heterocycles. The number of carboxylic acid groups (broad SMARTS) is 1. The quantitative estimate of drug-likeness (QED) is 0.799. The molecular formula is C15H11BrN2O2. The van der Waals surface area contributed by atoms with Crippen molar-refractivity contribution in [2.45, 2.75) is 6.54 Å². The Balaban J connectivity index is 1.91. The molecule has 0 spiro atoms. The monoisotopic (exact) mass is 330 g/mol. The van der Waals surface area contributed by atoms with E-state index < -0.39 is 5.97 Å². The number of carboxylic acids is 1. The van der Waals surface area contributed by atoms with E-state index in [1.807, 2.05) is 35.0 Å². The second-order valence-corrected chi connectivity index (χ2v) is 5.43. The van der Waals surface area contributed by atoms with Crippen LogP contribution >= 0.6 is 15.9 Å². The largest absolute Gasteiger partial charge is 0.478 e. The maximum atomic E-state index is 10.8. The van der Waals surface area contributed by atoms with Crippen molar-refractivity contribution in [1.82, 2.24) is 9.55 Å². The van der Waals surface area contributed by atoms with Crippen molar-refractivity contribution < 1.29 is 9.90 Å². The zero-order valence-corrected chi connectivity index (χ0v) is 12.0. The molecule has 0 unspecified atom stereocenters. The van der Waals surface area contributed by atoms with Crippen molar-refractivity contribution in [2.24, 2.45) is 0 Å². The third-order valence-corrected chi connectivity index (χ3v) is 3.56. The summed E-state index contributed by atoms with van der Waals surface area (Å²) < 4.78 is 2.99. The SMILES string of the molecule is O=C(O)c1ccc(Cn2ccc3cc(Br)cnc32)cc1. The standard InChI is InChI=1S/C15H11BrN2O2/c16-13-7-12-5-6-18(14(12)17-8-13)9-10-1-3-11(4-2-10)15(19)20/h1-8H,9H2,(H,19,20). The lowest BCUT2D eigenvalue weighted by Crippen LogP contribution is -2.01. The van der Waals surface area contributed by atoms with Gasteiger partial charge in [-0.15, -0.1) is 0 Å². The molecule has 3 aromatic rings. The Hall–Kier alpha value is -2.14. The number of rotatable bonds is 3. The lowest BCUT2D eigenvalue weighted by atomic mass is 10.1. The van der Waals surface area contributed by atoms with Gasteiger partial charge in [0, 0.05) is 28.8 Å². The lowest BCUT2D eigenvalue weighted by molar-refractivity contribution is 0.0697. The zero-order chi connectivity index (χ0) is 14.1. The fourth-order valence-corrected chi connectivity index (χ4v) is 2.48. The number of halogens is 1. The Morgan fingerprint density at radius 3 is 2.70 bits per heavy atom. The lowest BCUT2D eigenvalue weighted by Gasteiger charge is -2.05. The molecule has 0 aliphatic heterocycles. The Bertz CT molecular complexity index is 778. The molecule has 0 radical (unpaired) electrons. The van der Waals surface area contributed by atoms with E-state index in [9.17, 15) is 4.79 Å². The second-order valence-electron chi connectivity index (χ2n) is 4.51. The summed E-state index contributed by atoms with van der Waals surface area (Å²) in [6.45, 7) is 0.665. The third kappa shape index (κ3) is 2.44. The number of hydrogen-bond donors (Lipinski definition) is 1. The van der Waals surface area contributed by atoms with Crippen LogP contribution in [0, 0.1) is 0 Å². The van der Waals surface area contributed by atoms with Gasteiger partial charge in [0.05, 0.1) is 5.56 Å². The average Bonchev–Trinajstić information content (AvgIpc) is 2.81. The normalized spacial score (nSPS) is 10.8. The first kappa shape index (κ1) is 12.9. The summed E-state index contributed by atoms with van der Waals surface area (Å²) in [5.41, 5.74) is 2.25. The average molecular weight is 331 g/mol. The third-order valence-electron chi connectivity index (χ3n) is 3.12. The predicted molar refractivity (Wildman–Crippen MR) is 79.9 cm³/mol. The number of nitrogens with zero attached hydrogens (tertiary/aromatic N) is 2. The summed E-state index contributed by atoms with van der Waals surface area (Å²) in [7, 11) is 0. The topological polar surface area (TPSA) is 55.1 Å². The summed E-state index contributed by atoms with van der Waals surface area (Å²) in [6.07, 6.45) is 3.75. The van der Waals surface area contributed by atoms with Crippen LogP contribution in [-0.4, -0.2) is 20.6 Å². The molecule has 2 heterocycles. The molecule has 0 saturated carbocycles. The highest BCUT2D eigenvalue weighted by molar-refractivity contribution is 9.10. The van der Waals surface area contributed by atoms with Gasteiger partial charge in [0.25, 0.3) is 0 Å². The summed E-state index contributed by atoms with van der Waals surface area (Å²) in [6, 6.07) is 10.9. The number of benzene rings is 1. The van der Waals surface area contributed by atoms with Crippen molar-refractivity contribution in [3.05, 3.63) is 64.4 Å². The predicted octanol–water partition coefficient (Wildman–Crippen LogP) is 3.55. The van der Waals surface area contributed by atoms with Crippen LogP contribution in [0.1, 0.15) is 15.9 Å². The number of pyridine rings is 1. The minimum absolute atomic E-state index is 0.299. The van der Waals surface area contributed by atoms with Crippen molar-refractivity contribution in [2.75, 3.05) is 0 Å². The van der Waals surface area contributed by atoms with Crippen molar-refractivity contribution in [1.29, 1.82) is 0 Å². The summed E-state index contributed by atoms with van der Waals surface area (Å²) in [4.78, 5) is 15.2. The van der Waals surface area contributed by atoms with Gasteiger partial charge in [0.15, 0.2) is 0 Å². The smallest absolute Gasteiger partial charge is 0.335 e. The minimum Gasteiger partial charge on any atom is -0.478 e. The second kappa shape index (κ2) is 5.09. The van der Waals surface area contributed by atoms with Gasteiger partial charge >= 0.3 is 5.97 Å². The Labute approximate surface area is 123 Å². The Morgan fingerprint density at radius 2 is 2.00 bits per heavy atom. The van der Waals surface area contributed by atoms with Gasteiger partial charge in [-0.3, -0.25) is 0 Å². The van der Waals surface area contributed by atoms with E-state index in [1.165, 1.54) is 0 Å². The molecule has 20 heavy (non-hydrogen) atoms. The van der Waals surface area contributed by atoms with Gasteiger partial charge in [-0.05, 0) is 45.8 Å². The van der Waals surface area contributed by atoms with Crippen LogP contribution in [0.5, 0.6) is 0 Å². The van der Waals surface area contributed by atoms with Crippen LogP contribution in [0.15, 0.2) is 53.3 Å². The first-order valence-corrected chi connectivity index (χ1v) is 6.85. The highest BCUT2D eigenvalue weighted by Crippen LogP contribution is 2.19. The number of fused-ring (bicyclic) bond motifs is 1. The minimum atomic E-state index is -0.908. The van der Waals surface area contributed by atoms with Gasteiger partial charge in [0.1, 0.15) is 5.65 Å². The summed E-state index contributed by atoms with van der Waals surface area (Å²) in [5, 5.41) is 9.95. The molecule has 0 saturated heterocycles. The molecule has 0 atom stereocenters. The van der Waals surface area contributed by atoms with Gasteiger partial charge in [0.2, 0.25) is 0 Å². The van der Waals surface area contributed by atoms with Crippen LogP contribution < -0.4 is 0 Å². The van der Waals surface area contributed by atoms with E-state index in [-0.39, 0.29) is 0 Å². The van der Waals surface area contributed by atoms with Crippen molar-refractivity contribution in [3.63, 3.8) is 0 Å². The molecule has 4 nitrogen and oxygen atoms in total. The van der Waals surface area contributed by atoms with Gasteiger partial charge < -0.3 is 9.67 Å². The van der Waals surface area contributed by atoms with Gasteiger partial charge in [-0.2, -0.15) is 0 Å². The number of hydrogen-bond acceptors (Lipinski definition) is 2. The maximum Gasteiger partial charge on any atom is 0.335 e. The molecule has 100 valence electrons. The fourth-order valence-electron chi connectivity index (χ4n) is 2.13. The van der Waals surface area contributed by atoms with Gasteiger partial charge in [-0.25, -0.2) is 9.78 Å². The molecule has 1 N–H and O–H groups in total. The molecule has 0 amide bonds. The van der Waals surface area contributed by atoms with Crippen LogP contribution in [0.3, 0.4) is 0 Å². The molecule has 0 aliphatic rings. The van der Waals surface area contributed by atoms with E-state index in [4.69, 9.17) is 5.11 Å². The molecule has 3 rings (SSSR count). The van der Waals surface area contributed by atoms with Gasteiger partial charge in [-0.1, -0.05) is 12.1 Å². The highest BCUT2D eigenvalue weighted by atomic mass is 79.9. The van der Waals surface area contributed by atoms with Crippen molar-refractivity contribution in [3.8, 4) is 0 Å². The van der Waals surface area contributed by atoms with E-state index in [0.717, 1.165) is 21.1 Å². The first-order valence-electron chi connectivity index (χ1n) is 6.06. The number of carbonyl (C=O) groups is 1. The Morgan fingerprint density at radius 1 is 1.25 bits per heavy atom. The van der Waals surface area contributed by atoms with Crippen LogP contribution in [-0.2, 0) is 6.54 Å².